The van der Waals surface area contributed by atoms with Crippen LogP contribution in [0.3, 0.4) is 0 Å². The first-order chi connectivity index (χ1) is 10.8. The average Bonchev–Trinajstić information content (AvgIpc) is 2.39. The fraction of sp³-hybridized carbons (Fsp3) is 0.778. The second kappa shape index (κ2) is 4.36. The van der Waals surface area contributed by atoms with Crippen molar-refractivity contribution in [3.63, 3.8) is 0 Å². The highest BCUT2D eigenvalue weighted by Gasteiger charge is 3.11. The summed E-state index contributed by atoms with van der Waals surface area (Å²) >= 11 is 0. The second-order valence-electron chi connectivity index (χ2n) is 4.83. The maximum atomic E-state index is 13.6. The van der Waals surface area contributed by atoms with Crippen LogP contribution in [0.4, 0.5) is 61.5 Å². The summed E-state index contributed by atoms with van der Waals surface area (Å²) in [5, 5.41) is 0. The van der Waals surface area contributed by atoms with Gasteiger partial charge in [0.25, 0.3) is 0 Å². The number of rotatable bonds is 0. The van der Waals surface area contributed by atoms with Crippen LogP contribution in [0.2, 0.25) is 0 Å². The molecule has 2 aliphatic rings. The molecule has 1 spiro atoms. The highest BCUT2D eigenvalue weighted by atomic mass is 19.4. The quantitative estimate of drug-likeness (QED) is 0.537. The van der Waals surface area contributed by atoms with E-state index in [0.29, 0.717) is 0 Å². The summed E-state index contributed by atoms with van der Waals surface area (Å²) in [5.41, 5.74) is -7.36. The molecule has 2 rings (SSSR count). The van der Waals surface area contributed by atoms with Crippen molar-refractivity contribution in [1.82, 2.24) is 0 Å². The van der Waals surface area contributed by atoms with Gasteiger partial charge in [-0.25, -0.2) is 0 Å². The lowest BCUT2D eigenvalue weighted by Crippen LogP contribution is -2.74. The van der Waals surface area contributed by atoms with Gasteiger partial charge >= 0.3 is 53.3 Å². The zero-order chi connectivity index (χ0) is 20.1. The monoisotopic (exact) mass is 406 g/mol. The van der Waals surface area contributed by atoms with Crippen molar-refractivity contribution in [1.29, 1.82) is 0 Å². The maximum Gasteiger partial charge on any atom is 0.428 e. The zero-order valence-electron chi connectivity index (χ0n) is 10.6. The Morgan fingerprint density at radius 1 is 0.520 bits per heavy atom. The molecule has 0 unspecified atom stereocenters. The van der Waals surface area contributed by atoms with Crippen LogP contribution in [0.5, 0.6) is 0 Å². The molecular formula is C9F14O2. The van der Waals surface area contributed by atoms with E-state index in [1.807, 2.05) is 0 Å². The van der Waals surface area contributed by atoms with Crippen molar-refractivity contribution >= 4 is 0 Å². The largest absolute Gasteiger partial charge is 0.428 e. The molecule has 2 nitrogen and oxygen atoms in total. The molecule has 0 amide bonds. The van der Waals surface area contributed by atoms with Gasteiger partial charge in [0.05, 0.1) is 0 Å². The summed E-state index contributed by atoms with van der Waals surface area (Å²) in [6.07, 6.45) is -17.8. The summed E-state index contributed by atoms with van der Waals surface area (Å²) < 4.78 is 190. The molecule has 1 aliphatic carbocycles. The van der Waals surface area contributed by atoms with Crippen LogP contribution in [-0.4, -0.2) is 35.9 Å². The van der Waals surface area contributed by atoms with E-state index in [-0.39, 0.29) is 0 Å². The zero-order valence-corrected chi connectivity index (χ0v) is 10.6. The molecule has 16 heteroatoms. The number of halogens is 14. The number of hydrogen-bond donors (Lipinski definition) is 0. The van der Waals surface area contributed by atoms with E-state index >= 15 is 0 Å². The Labute approximate surface area is 126 Å². The van der Waals surface area contributed by atoms with E-state index in [2.05, 4.69) is 9.47 Å². The van der Waals surface area contributed by atoms with Crippen molar-refractivity contribution < 1.29 is 70.9 Å². The van der Waals surface area contributed by atoms with E-state index in [1.54, 1.807) is 0 Å². The summed E-state index contributed by atoms with van der Waals surface area (Å²) in [4.78, 5) is 0. The minimum atomic E-state index is -7.59. The number of hydrogen-bond acceptors (Lipinski definition) is 2. The molecule has 2 fully saturated rings. The molecule has 0 aromatic rings. The van der Waals surface area contributed by atoms with Crippen LogP contribution in [0.1, 0.15) is 0 Å². The summed E-state index contributed by atoms with van der Waals surface area (Å²) in [6, 6.07) is 0. The fourth-order valence-corrected chi connectivity index (χ4v) is 2.45. The minimum Gasteiger partial charge on any atom is -0.395 e. The van der Waals surface area contributed by atoms with Gasteiger partial charge in [0.15, 0.2) is 0 Å². The van der Waals surface area contributed by atoms with E-state index in [4.69, 9.17) is 0 Å². The smallest absolute Gasteiger partial charge is 0.395 e. The molecule has 146 valence electrons. The first-order valence-corrected chi connectivity index (χ1v) is 5.46. The van der Waals surface area contributed by atoms with Crippen LogP contribution in [0, 0.1) is 5.41 Å². The molecule has 0 aromatic heterocycles. The highest BCUT2D eigenvalue weighted by molar-refractivity contribution is 5.31. The van der Waals surface area contributed by atoms with Gasteiger partial charge in [-0.2, -0.15) is 61.5 Å². The Kier molecular flexibility index (Phi) is 3.43. The number of alkyl halides is 12. The minimum absolute atomic E-state index is 2.43. The number of ether oxygens (including phenoxy) is 2. The predicted molar refractivity (Wildman–Crippen MR) is 43.5 cm³/mol. The van der Waals surface area contributed by atoms with Gasteiger partial charge < -0.3 is 9.47 Å². The highest BCUT2D eigenvalue weighted by Crippen LogP contribution is 2.80. The van der Waals surface area contributed by atoms with Crippen molar-refractivity contribution in [2.75, 3.05) is 0 Å². The Hall–Kier alpha value is -1.64. The van der Waals surface area contributed by atoms with Gasteiger partial charge in [-0.1, -0.05) is 0 Å². The maximum absolute atomic E-state index is 13.6. The Morgan fingerprint density at radius 2 is 0.800 bits per heavy atom. The molecule has 0 atom stereocenters. The third-order valence-corrected chi connectivity index (χ3v) is 3.59. The van der Waals surface area contributed by atoms with E-state index in [1.165, 1.54) is 0 Å². The summed E-state index contributed by atoms with van der Waals surface area (Å²) in [5.74, 6) is -33.4. The lowest BCUT2D eigenvalue weighted by Gasteiger charge is -2.48. The van der Waals surface area contributed by atoms with Gasteiger partial charge in [0.1, 0.15) is 0 Å². The average molecular weight is 406 g/mol. The van der Waals surface area contributed by atoms with Gasteiger partial charge in [-0.3, -0.25) is 0 Å². The van der Waals surface area contributed by atoms with Gasteiger partial charge in [-0.05, 0) is 0 Å². The molecule has 1 heterocycles. The molecule has 25 heavy (non-hydrogen) atoms. The van der Waals surface area contributed by atoms with Crippen LogP contribution >= 0.6 is 0 Å². The van der Waals surface area contributed by atoms with Crippen LogP contribution in [0.25, 0.3) is 0 Å². The molecule has 0 bridgehead atoms. The molecule has 1 saturated carbocycles. The van der Waals surface area contributed by atoms with Crippen molar-refractivity contribution in [3.05, 3.63) is 12.0 Å². The molecular weight excluding hydrogens is 406 g/mol. The Balaban J connectivity index is 2.97. The lowest BCUT2D eigenvalue weighted by atomic mass is 9.76. The van der Waals surface area contributed by atoms with Crippen LogP contribution < -0.4 is 0 Å². The molecule has 1 saturated heterocycles. The SMILES string of the molecule is FC(F)=C1OC(F)(F)C2(C(F)(F)O1)C(F)(F)C(F)(F)C(F)(F)C2(F)F. The molecule has 0 radical (unpaired) electrons. The van der Waals surface area contributed by atoms with Gasteiger partial charge in [0.2, 0.25) is 0 Å². The van der Waals surface area contributed by atoms with Gasteiger partial charge in [0, 0.05) is 0 Å². The first-order valence-electron chi connectivity index (χ1n) is 5.46. The second-order valence-corrected chi connectivity index (χ2v) is 4.83. The van der Waals surface area contributed by atoms with Crippen molar-refractivity contribution in [3.8, 4) is 0 Å². The summed E-state index contributed by atoms with van der Waals surface area (Å²) in [7, 11) is 0. The molecule has 0 aromatic carbocycles. The third-order valence-electron chi connectivity index (χ3n) is 3.59. The summed E-state index contributed by atoms with van der Waals surface area (Å²) in [6.45, 7) is 0. The van der Waals surface area contributed by atoms with E-state index < -0.39 is 53.3 Å². The first kappa shape index (κ1) is 19.7. The van der Waals surface area contributed by atoms with Gasteiger partial charge in [-0.15, -0.1) is 0 Å². The molecule has 0 N–H and O–H groups in total. The molecule has 1 aliphatic heterocycles. The third kappa shape index (κ3) is 1.63. The van der Waals surface area contributed by atoms with Crippen molar-refractivity contribution in [2.45, 2.75) is 35.9 Å². The van der Waals surface area contributed by atoms with Crippen LogP contribution in [0.15, 0.2) is 12.0 Å². The van der Waals surface area contributed by atoms with E-state index in [9.17, 15) is 61.5 Å². The standard InChI is InChI=1S/C9F14O2/c10-1(11)2-24-8(20,21)3(9(22,23)25-2)4(12,13)6(16,17)7(18,19)5(3,14)15. The lowest BCUT2D eigenvalue weighted by molar-refractivity contribution is -0.524. The fourth-order valence-electron chi connectivity index (χ4n) is 2.45. The normalized spacial score (nSPS) is 32.0. The van der Waals surface area contributed by atoms with E-state index in [0.717, 1.165) is 0 Å². The van der Waals surface area contributed by atoms with Crippen molar-refractivity contribution in [2.24, 2.45) is 5.41 Å². The van der Waals surface area contributed by atoms with Crippen LogP contribution in [-0.2, 0) is 9.47 Å². The predicted octanol–water partition coefficient (Wildman–Crippen LogP) is 4.83. The Bertz CT molecular complexity index is 582. The topological polar surface area (TPSA) is 18.5 Å². The Morgan fingerprint density at radius 3 is 1.04 bits per heavy atom.